The number of aryl methyl sites for hydroxylation is 1. The van der Waals surface area contributed by atoms with E-state index >= 15 is 0 Å². The molecule has 0 aliphatic carbocycles. The van der Waals surface area contributed by atoms with Gasteiger partial charge >= 0.3 is 0 Å². The molecular weight excluding hydrogens is 390 g/mol. The minimum absolute atomic E-state index is 0.0294. The zero-order chi connectivity index (χ0) is 20.5. The number of fused-ring (bicyclic) bond motifs is 1. The number of nitrogens with zero attached hydrogens (tertiary/aromatic N) is 1. The van der Waals surface area contributed by atoms with Crippen molar-refractivity contribution < 1.29 is 14.4 Å². The molecule has 1 saturated heterocycles. The molecule has 2 N–H and O–H groups in total. The van der Waals surface area contributed by atoms with E-state index in [1.54, 1.807) is 23.1 Å². The van der Waals surface area contributed by atoms with Crippen molar-refractivity contribution in [3.63, 3.8) is 0 Å². The first-order valence-corrected chi connectivity index (χ1v) is 10.1. The maximum Gasteiger partial charge on any atom is 0.227 e. The molecule has 7 heteroatoms. The van der Waals surface area contributed by atoms with E-state index in [-0.39, 0.29) is 30.2 Å². The Kier molecular flexibility index (Phi) is 5.28. The highest BCUT2D eigenvalue weighted by molar-refractivity contribution is 6.31. The van der Waals surface area contributed by atoms with Crippen molar-refractivity contribution in [2.75, 3.05) is 16.8 Å². The second-order valence-corrected chi connectivity index (χ2v) is 8.02. The minimum Gasteiger partial charge on any atom is -0.349 e. The molecule has 2 aliphatic heterocycles. The van der Waals surface area contributed by atoms with Gasteiger partial charge in [-0.2, -0.15) is 0 Å². The van der Waals surface area contributed by atoms with Crippen LogP contribution in [0, 0.1) is 5.92 Å². The number of carbonyl (C=O) groups is 3. The van der Waals surface area contributed by atoms with Crippen molar-refractivity contribution in [2.24, 2.45) is 5.92 Å². The van der Waals surface area contributed by atoms with E-state index in [2.05, 4.69) is 10.6 Å². The number of benzene rings is 2. The van der Waals surface area contributed by atoms with Crippen molar-refractivity contribution in [3.05, 3.63) is 58.6 Å². The van der Waals surface area contributed by atoms with Crippen molar-refractivity contribution >= 4 is 40.7 Å². The van der Waals surface area contributed by atoms with Gasteiger partial charge in [0.15, 0.2) is 0 Å². The van der Waals surface area contributed by atoms with Gasteiger partial charge in [0.25, 0.3) is 0 Å². The summed E-state index contributed by atoms with van der Waals surface area (Å²) in [5, 5.41) is 6.44. The Bertz CT molecular complexity index is 991. The second-order valence-electron chi connectivity index (χ2n) is 7.58. The number of anilines is 2. The SMILES string of the molecule is CC(NC(=O)C1CC(=O)N(c2cccc(Cl)c2)C1)c1ccc2c(c1)CCC(=O)N2. The molecule has 0 saturated carbocycles. The number of carbonyl (C=O) groups excluding carboxylic acids is 3. The van der Waals surface area contributed by atoms with Crippen molar-refractivity contribution in [3.8, 4) is 0 Å². The zero-order valence-electron chi connectivity index (χ0n) is 16.1. The Labute approximate surface area is 174 Å². The molecular formula is C22H22ClN3O3. The van der Waals surface area contributed by atoms with E-state index < -0.39 is 5.92 Å². The van der Waals surface area contributed by atoms with Gasteiger partial charge < -0.3 is 15.5 Å². The first-order valence-electron chi connectivity index (χ1n) is 9.69. The largest absolute Gasteiger partial charge is 0.349 e. The fraction of sp³-hybridized carbons (Fsp3) is 0.318. The van der Waals surface area contributed by atoms with Crippen molar-refractivity contribution in [2.45, 2.75) is 32.2 Å². The van der Waals surface area contributed by atoms with E-state index in [9.17, 15) is 14.4 Å². The zero-order valence-corrected chi connectivity index (χ0v) is 16.8. The van der Waals surface area contributed by atoms with E-state index in [0.717, 1.165) is 16.8 Å². The van der Waals surface area contributed by atoms with Crippen LogP contribution in [0.2, 0.25) is 5.02 Å². The standard InChI is InChI=1S/C22H22ClN3O3/c1-13(14-5-7-19-15(9-14)6-8-20(27)25-19)24-22(29)16-10-21(28)26(12-16)18-4-2-3-17(23)11-18/h2-5,7,9,11,13,16H,6,8,10,12H2,1H3,(H,24,29)(H,25,27). The van der Waals surface area contributed by atoms with Gasteiger partial charge in [-0.1, -0.05) is 29.8 Å². The number of rotatable bonds is 4. The van der Waals surface area contributed by atoms with Crippen LogP contribution in [-0.4, -0.2) is 24.3 Å². The summed E-state index contributed by atoms with van der Waals surface area (Å²) in [5.74, 6) is -0.589. The predicted molar refractivity (Wildman–Crippen MR) is 112 cm³/mol. The lowest BCUT2D eigenvalue weighted by Gasteiger charge is -2.21. The molecule has 150 valence electrons. The van der Waals surface area contributed by atoms with Crippen molar-refractivity contribution in [1.29, 1.82) is 0 Å². The van der Waals surface area contributed by atoms with Crippen LogP contribution in [0.25, 0.3) is 0 Å². The molecule has 0 bridgehead atoms. The molecule has 2 heterocycles. The fourth-order valence-electron chi connectivity index (χ4n) is 3.86. The highest BCUT2D eigenvalue weighted by Gasteiger charge is 2.35. The monoisotopic (exact) mass is 411 g/mol. The minimum atomic E-state index is -0.402. The van der Waals surface area contributed by atoms with Gasteiger partial charge in [0.1, 0.15) is 0 Å². The number of halogens is 1. The molecule has 6 nitrogen and oxygen atoms in total. The summed E-state index contributed by atoms with van der Waals surface area (Å²) in [6, 6.07) is 12.7. The quantitative estimate of drug-likeness (QED) is 0.808. The summed E-state index contributed by atoms with van der Waals surface area (Å²) in [6.07, 6.45) is 1.35. The average molecular weight is 412 g/mol. The lowest BCUT2D eigenvalue weighted by Crippen LogP contribution is -2.34. The first kappa shape index (κ1) is 19.5. The van der Waals surface area contributed by atoms with Gasteiger partial charge in [-0.15, -0.1) is 0 Å². The molecule has 2 atom stereocenters. The third-order valence-corrected chi connectivity index (χ3v) is 5.73. The smallest absolute Gasteiger partial charge is 0.227 e. The predicted octanol–water partition coefficient (Wildman–Crippen LogP) is 3.46. The number of hydrogen-bond donors (Lipinski definition) is 2. The van der Waals surface area contributed by atoms with Crippen LogP contribution in [0.3, 0.4) is 0 Å². The fourth-order valence-corrected chi connectivity index (χ4v) is 4.05. The second kappa shape index (κ2) is 7.87. The number of amides is 3. The molecule has 1 fully saturated rings. The van der Waals surface area contributed by atoms with Crippen LogP contribution in [-0.2, 0) is 20.8 Å². The third kappa shape index (κ3) is 4.12. The van der Waals surface area contributed by atoms with Crippen LogP contribution in [0.5, 0.6) is 0 Å². The summed E-state index contributed by atoms with van der Waals surface area (Å²) >= 11 is 6.02. The Hall–Kier alpha value is -2.86. The van der Waals surface area contributed by atoms with Gasteiger partial charge in [0, 0.05) is 35.8 Å². The molecule has 0 aromatic heterocycles. The molecule has 29 heavy (non-hydrogen) atoms. The molecule has 0 spiro atoms. The van der Waals surface area contributed by atoms with Crippen LogP contribution >= 0.6 is 11.6 Å². The van der Waals surface area contributed by atoms with Gasteiger partial charge in [-0.05, 0) is 48.7 Å². The maximum atomic E-state index is 12.8. The maximum absolute atomic E-state index is 12.8. The molecule has 2 aliphatic rings. The van der Waals surface area contributed by atoms with E-state index in [0.29, 0.717) is 30.1 Å². The summed E-state index contributed by atoms with van der Waals surface area (Å²) in [5.41, 5.74) is 3.60. The topological polar surface area (TPSA) is 78.5 Å². The summed E-state index contributed by atoms with van der Waals surface area (Å²) < 4.78 is 0. The van der Waals surface area contributed by atoms with Gasteiger partial charge in [0.2, 0.25) is 17.7 Å². The third-order valence-electron chi connectivity index (χ3n) is 5.50. The molecule has 2 aromatic rings. The summed E-state index contributed by atoms with van der Waals surface area (Å²) in [7, 11) is 0. The van der Waals surface area contributed by atoms with E-state index in [1.165, 1.54) is 0 Å². The lowest BCUT2D eigenvalue weighted by atomic mass is 9.97. The van der Waals surface area contributed by atoms with E-state index in [1.807, 2.05) is 31.2 Å². The highest BCUT2D eigenvalue weighted by Crippen LogP contribution is 2.29. The van der Waals surface area contributed by atoms with Gasteiger partial charge in [-0.25, -0.2) is 0 Å². The van der Waals surface area contributed by atoms with Gasteiger partial charge in [0.05, 0.1) is 12.0 Å². The summed E-state index contributed by atoms with van der Waals surface area (Å²) in [4.78, 5) is 38.3. The van der Waals surface area contributed by atoms with Crippen LogP contribution in [0.1, 0.15) is 36.9 Å². The van der Waals surface area contributed by atoms with Crippen molar-refractivity contribution in [1.82, 2.24) is 5.32 Å². The van der Waals surface area contributed by atoms with Crippen LogP contribution < -0.4 is 15.5 Å². The Morgan fingerprint density at radius 1 is 1.21 bits per heavy atom. The summed E-state index contributed by atoms with van der Waals surface area (Å²) in [6.45, 7) is 2.26. The van der Waals surface area contributed by atoms with E-state index in [4.69, 9.17) is 11.6 Å². The molecule has 4 rings (SSSR count). The Balaban J connectivity index is 1.42. The van der Waals surface area contributed by atoms with Crippen LogP contribution in [0.4, 0.5) is 11.4 Å². The Morgan fingerprint density at radius 2 is 2.03 bits per heavy atom. The molecule has 2 aromatic carbocycles. The van der Waals surface area contributed by atoms with Crippen LogP contribution in [0.15, 0.2) is 42.5 Å². The Morgan fingerprint density at radius 3 is 2.83 bits per heavy atom. The molecule has 0 radical (unpaired) electrons. The highest BCUT2D eigenvalue weighted by atomic mass is 35.5. The van der Waals surface area contributed by atoms with Gasteiger partial charge in [-0.3, -0.25) is 14.4 Å². The molecule has 2 unspecified atom stereocenters. The number of nitrogens with one attached hydrogen (secondary N) is 2. The average Bonchev–Trinajstić information content (AvgIpc) is 3.09. The normalized spacial score (nSPS) is 19.5. The first-order chi connectivity index (χ1) is 13.9. The number of hydrogen-bond acceptors (Lipinski definition) is 3. The molecule has 3 amide bonds. The lowest BCUT2D eigenvalue weighted by molar-refractivity contribution is -0.126.